The van der Waals surface area contributed by atoms with E-state index >= 15 is 0 Å². The SMILES string of the molecule is COc1cc(-c2cc(CN3CCNCC3=O)ccn2)cc(OC)c1OC. The number of benzene rings is 1. The van der Waals surface area contributed by atoms with Gasteiger partial charge in [-0.3, -0.25) is 9.78 Å². The highest BCUT2D eigenvalue weighted by atomic mass is 16.5. The third-order valence-corrected chi connectivity index (χ3v) is 4.35. The zero-order valence-electron chi connectivity index (χ0n) is 15.2. The first-order valence-electron chi connectivity index (χ1n) is 8.40. The maximum atomic E-state index is 12.0. The van der Waals surface area contributed by atoms with E-state index in [2.05, 4.69) is 10.3 Å². The molecule has 7 heteroatoms. The normalized spacial score (nSPS) is 14.3. The highest BCUT2D eigenvalue weighted by Gasteiger charge is 2.18. The first-order valence-corrected chi connectivity index (χ1v) is 8.40. The molecular weight excluding hydrogens is 334 g/mol. The minimum Gasteiger partial charge on any atom is -0.493 e. The number of carbonyl (C=O) groups is 1. The number of carbonyl (C=O) groups excluding carboxylic acids is 1. The summed E-state index contributed by atoms with van der Waals surface area (Å²) < 4.78 is 16.2. The van der Waals surface area contributed by atoms with E-state index in [-0.39, 0.29) is 5.91 Å². The van der Waals surface area contributed by atoms with Crippen molar-refractivity contribution in [2.45, 2.75) is 6.54 Å². The first kappa shape index (κ1) is 18.0. The highest BCUT2D eigenvalue weighted by Crippen LogP contribution is 2.40. The van der Waals surface area contributed by atoms with Crippen LogP contribution in [0.15, 0.2) is 30.5 Å². The highest BCUT2D eigenvalue weighted by molar-refractivity contribution is 5.79. The fourth-order valence-corrected chi connectivity index (χ4v) is 2.99. The summed E-state index contributed by atoms with van der Waals surface area (Å²) in [5, 5.41) is 3.08. The summed E-state index contributed by atoms with van der Waals surface area (Å²) in [5.41, 5.74) is 2.66. The summed E-state index contributed by atoms with van der Waals surface area (Å²) in [7, 11) is 4.74. The van der Waals surface area contributed by atoms with Gasteiger partial charge in [0.15, 0.2) is 11.5 Å². The Balaban J connectivity index is 1.91. The molecule has 26 heavy (non-hydrogen) atoms. The molecule has 0 saturated carbocycles. The van der Waals surface area contributed by atoms with Gasteiger partial charge in [-0.25, -0.2) is 0 Å². The van der Waals surface area contributed by atoms with E-state index in [0.29, 0.717) is 36.9 Å². The van der Waals surface area contributed by atoms with Crippen molar-refractivity contribution in [2.24, 2.45) is 0 Å². The van der Waals surface area contributed by atoms with Crippen LogP contribution in [0, 0.1) is 0 Å². The molecule has 0 aliphatic carbocycles. The molecule has 1 aliphatic rings. The van der Waals surface area contributed by atoms with E-state index in [1.54, 1.807) is 27.5 Å². The largest absolute Gasteiger partial charge is 0.493 e. The molecule has 0 unspecified atom stereocenters. The topological polar surface area (TPSA) is 72.9 Å². The van der Waals surface area contributed by atoms with Gasteiger partial charge in [0.25, 0.3) is 0 Å². The van der Waals surface area contributed by atoms with Crippen LogP contribution in [0.2, 0.25) is 0 Å². The van der Waals surface area contributed by atoms with Crippen molar-refractivity contribution in [1.29, 1.82) is 0 Å². The van der Waals surface area contributed by atoms with Gasteiger partial charge in [-0.2, -0.15) is 0 Å². The molecule has 1 fully saturated rings. The van der Waals surface area contributed by atoms with Crippen LogP contribution in [-0.2, 0) is 11.3 Å². The molecule has 1 aromatic heterocycles. The Hall–Kier alpha value is -2.80. The number of amides is 1. The number of rotatable bonds is 6. The first-order chi connectivity index (χ1) is 12.7. The average molecular weight is 357 g/mol. The Morgan fingerprint density at radius 1 is 1.12 bits per heavy atom. The van der Waals surface area contributed by atoms with Crippen LogP contribution >= 0.6 is 0 Å². The zero-order chi connectivity index (χ0) is 18.5. The smallest absolute Gasteiger partial charge is 0.236 e. The summed E-state index contributed by atoms with van der Waals surface area (Å²) >= 11 is 0. The van der Waals surface area contributed by atoms with Crippen molar-refractivity contribution in [3.63, 3.8) is 0 Å². The maximum absolute atomic E-state index is 12.0. The lowest BCUT2D eigenvalue weighted by atomic mass is 10.1. The van der Waals surface area contributed by atoms with Crippen molar-refractivity contribution >= 4 is 5.91 Å². The molecule has 7 nitrogen and oxygen atoms in total. The van der Waals surface area contributed by atoms with E-state index in [1.165, 1.54) is 0 Å². The van der Waals surface area contributed by atoms with Crippen molar-refractivity contribution in [2.75, 3.05) is 41.0 Å². The van der Waals surface area contributed by atoms with Gasteiger partial charge in [0.1, 0.15) is 0 Å². The predicted octanol–water partition coefficient (Wildman–Crippen LogP) is 1.71. The fraction of sp³-hybridized carbons (Fsp3) is 0.368. The quantitative estimate of drug-likeness (QED) is 0.848. The van der Waals surface area contributed by atoms with Crippen LogP contribution in [-0.4, -0.2) is 56.8 Å². The van der Waals surface area contributed by atoms with E-state index in [9.17, 15) is 4.79 Å². The predicted molar refractivity (Wildman–Crippen MR) is 97.6 cm³/mol. The lowest BCUT2D eigenvalue weighted by molar-refractivity contribution is -0.132. The number of nitrogens with one attached hydrogen (secondary N) is 1. The van der Waals surface area contributed by atoms with Crippen LogP contribution < -0.4 is 19.5 Å². The maximum Gasteiger partial charge on any atom is 0.236 e. The second-order valence-electron chi connectivity index (χ2n) is 5.96. The summed E-state index contributed by atoms with van der Waals surface area (Å²) in [6.45, 7) is 2.49. The molecule has 0 atom stereocenters. The van der Waals surface area contributed by atoms with Crippen LogP contribution in [0.3, 0.4) is 0 Å². The number of aromatic nitrogens is 1. The van der Waals surface area contributed by atoms with Gasteiger partial charge >= 0.3 is 0 Å². The molecule has 1 saturated heterocycles. The Morgan fingerprint density at radius 2 is 1.85 bits per heavy atom. The van der Waals surface area contributed by atoms with Crippen LogP contribution in [0.4, 0.5) is 0 Å². The molecule has 2 aromatic rings. The van der Waals surface area contributed by atoms with Crippen molar-refractivity contribution in [1.82, 2.24) is 15.2 Å². The Morgan fingerprint density at radius 3 is 2.46 bits per heavy atom. The van der Waals surface area contributed by atoms with E-state index in [1.807, 2.05) is 29.2 Å². The van der Waals surface area contributed by atoms with Gasteiger partial charge in [-0.1, -0.05) is 0 Å². The number of nitrogens with zero attached hydrogens (tertiary/aromatic N) is 2. The average Bonchev–Trinajstić information content (AvgIpc) is 2.68. The van der Waals surface area contributed by atoms with Gasteiger partial charge in [0.2, 0.25) is 11.7 Å². The summed E-state index contributed by atoms with van der Waals surface area (Å²) in [6, 6.07) is 7.64. The lowest BCUT2D eigenvalue weighted by Gasteiger charge is -2.27. The fourth-order valence-electron chi connectivity index (χ4n) is 2.99. The van der Waals surface area contributed by atoms with Gasteiger partial charge in [-0.05, 0) is 29.8 Å². The molecule has 1 N–H and O–H groups in total. The molecule has 3 rings (SSSR count). The minimum absolute atomic E-state index is 0.113. The van der Waals surface area contributed by atoms with Crippen LogP contribution in [0.5, 0.6) is 17.2 Å². The molecule has 1 amide bonds. The Labute approximate surface area is 152 Å². The van der Waals surface area contributed by atoms with Gasteiger partial charge < -0.3 is 24.4 Å². The number of hydrogen-bond donors (Lipinski definition) is 1. The van der Waals surface area contributed by atoms with Crippen LogP contribution in [0.25, 0.3) is 11.3 Å². The Bertz CT molecular complexity index is 769. The van der Waals surface area contributed by atoms with Gasteiger partial charge in [-0.15, -0.1) is 0 Å². The molecule has 0 spiro atoms. The molecule has 0 radical (unpaired) electrons. The molecule has 2 heterocycles. The summed E-state index contributed by atoms with van der Waals surface area (Å²) in [6.07, 6.45) is 1.75. The third kappa shape index (κ3) is 3.72. The zero-order valence-corrected chi connectivity index (χ0v) is 15.2. The van der Waals surface area contributed by atoms with Crippen molar-refractivity contribution < 1.29 is 19.0 Å². The van der Waals surface area contributed by atoms with E-state index in [4.69, 9.17) is 14.2 Å². The van der Waals surface area contributed by atoms with Gasteiger partial charge in [0, 0.05) is 31.4 Å². The van der Waals surface area contributed by atoms with Gasteiger partial charge in [0.05, 0.1) is 33.6 Å². The molecule has 1 aliphatic heterocycles. The number of pyridine rings is 1. The van der Waals surface area contributed by atoms with E-state index in [0.717, 1.165) is 23.4 Å². The molecular formula is C19H23N3O4. The lowest BCUT2D eigenvalue weighted by Crippen LogP contribution is -2.47. The molecule has 1 aromatic carbocycles. The summed E-state index contributed by atoms with van der Waals surface area (Å²) in [4.78, 5) is 18.3. The Kier molecular flexibility index (Phi) is 5.58. The minimum atomic E-state index is 0.113. The monoisotopic (exact) mass is 357 g/mol. The number of ether oxygens (including phenoxy) is 3. The molecule has 0 bridgehead atoms. The number of piperazine rings is 1. The number of methoxy groups -OCH3 is 3. The number of hydrogen-bond acceptors (Lipinski definition) is 6. The second-order valence-corrected chi connectivity index (χ2v) is 5.96. The van der Waals surface area contributed by atoms with Crippen LogP contribution in [0.1, 0.15) is 5.56 Å². The summed E-state index contributed by atoms with van der Waals surface area (Å²) in [5.74, 6) is 1.81. The van der Waals surface area contributed by atoms with Crippen molar-refractivity contribution in [3.8, 4) is 28.5 Å². The van der Waals surface area contributed by atoms with E-state index < -0.39 is 0 Å². The third-order valence-electron chi connectivity index (χ3n) is 4.35. The standard InChI is InChI=1S/C19H23N3O4/c1-24-16-9-14(10-17(25-2)19(16)26-3)15-8-13(4-5-21-15)12-22-7-6-20-11-18(22)23/h4-5,8-10,20H,6-7,11-12H2,1-3H3. The van der Waals surface area contributed by atoms with Crippen molar-refractivity contribution in [3.05, 3.63) is 36.0 Å². The second kappa shape index (κ2) is 8.05. The molecule has 138 valence electrons.